The van der Waals surface area contributed by atoms with E-state index in [2.05, 4.69) is 9.72 Å². The normalized spacial score (nSPS) is 11.6. The molecule has 0 saturated carbocycles. The zero-order chi connectivity index (χ0) is 15.3. The number of rotatable bonds is 6. The van der Waals surface area contributed by atoms with Crippen molar-refractivity contribution in [1.29, 1.82) is 0 Å². The SMILES string of the molecule is OCc1nc(CCCc2ccc(OC(F)(F)F)cc2)cs1. The second-order valence-corrected chi connectivity index (χ2v) is 5.38. The van der Waals surface area contributed by atoms with Crippen LogP contribution in [0, 0.1) is 0 Å². The molecule has 1 aromatic carbocycles. The van der Waals surface area contributed by atoms with E-state index in [0.717, 1.165) is 30.5 Å². The predicted molar refractivity (Wildman–Crippen MR) is 73.2 cm³/mol. The third kappa shape index (κ3) is 5.35. The number of hydrogen-bond donors (Lipinski definition) is 1. The zero-order valence-electron chi connectivity index (χ0n) is 11.1. The standard InChI is InChI=1S/C14H14F3NO2S/c15-14(16,17)20-12-6-4-10(5-7-12)2-1-3-11-9-21-13(8-19)18-11/h4-7,9,19H,1-3,8H2. The molecule has 0 aliphatic carbocycles. The van der Waals surface area contributed by atoms with E-state index in [-0.39, 0.29) is 12.4 Å². The Morgan fingerprint density at radius 2 is 1.86 bits per heavy atom. The van der Waals surface area contributed by atoms with Crippen LogP contribution in [0.2, 0.25) is 0 Å². The summed E-state index contributed by atoms with van der Waals surface area (Å²) in [7, 11) is 0. The number of aliphatic hydroxyl groups excluding tert-OH is 1. The van der Waals surface area contributed by atoms with Crippen LogP contribution in [0.15, 0.2) is 29.6 Å². The Bertz CT molecular complexity index is 566. The van der Waals surface area contributed by atoms with Crippen LogP contribution < -0.4 is 4.74 Å². The van der Waals surface area contributed by atoms with Crippen molar-refractivity contribution < 1.29 is 23.0 Å². The fourth-order valence-corrected chi connectivity index (χ4v) is 2.55. The van der Waals surface area contributed by atoms with Gasteiger partial charge in [-0.3, -0.25) is 0 Å². The van der Waals surface area contributed by atoms with Gasteiger partial charge in [0.1, 0.15) is 10.8 Å². The predicted octanol–water partition coefficient (Wildman–Crippen LogP) is 3.71. The molecular formula is C14H14F3NO2S. The van der Waals surface area contributed by atoms with Crippen LogP contribution >= 0.6 is 11.3 Å². The molecule has 0 radical (unpaired) electrons. The largest absolute Gasteiger partial charge is 0.573 e. The molecule has 2 aromatic rings. The van der Waals surface area contributed by atoms with Gasteiger partial charge in [0.05, 0.1) is 12.3 Å². The number of thiazole rings is 1. The highest BCUT2D eigenvalue weighted by Crippen LogP contribution is 2.23. The molecule has 1 N–H and O–H groups in total. The molecule has 0 aliphatic heterocycles. The number of ether oxygens (including phenoxy) is 1. The molecule has 1 heterocycles. The summed E-state index contributed by atoms with van der Waals surface area (Å²) in [4.78, 5) is 4.24. The second-order valence-electron chi connectivity index (χ2n) is 4.44. The van der Waals surface area contributed by atoms with Crippen molar-refractivity contribution in [2.24, 2.45) is 0 Å². The van der Waals surface area contributed by atoms with Gasteiger partial charge in [-0.2, -0.15) is 0 Å². The molecule has 0 atom stereocenters. The topological polar surface area (TPSA) is 42.4 Å². The number of nitrogens with zero attached hydrogens (tertiary/aromatic N) is 1. The van der Waals surface area contributed by atoms with E-state index in [0.29, 0.717) is 5.01 Å². The number of aromatic nitrogens is 1. The lowest BCUT2D eigenvalue weighted by Gasteiger charge is -2.09. The lowest BCUT2D eigenvalue weighted by molar-refractivity contribution is -0.274. The lowest BCUT2D eigenvalue weighted by Crippen LogP contribution is -2.17. The van der Waals surface area contributed by atoms with Crippen molar-refractivity contribution in [3.63, 3.8) is 0 Å². The summed E-state index contributed by atoms with van der Waals surface area (Å²) in [5.74, 6) is -0.210. The van der Waals surface area contributed by atoms with Gasteiger partial charge >= 0.3 is 6.36 Å². The summed E-state index contributed by atoms with van der Waals surface area (Å²) < 4.78 is 39.9. The Kier molecular flexibility index (Phi) is 5.19. The monoisotopic (exact) mass is 317 g/mol. The molecule has 0 unspecified atom stereocenters. The summed E-state index contributed by atoms with van der Waals surface area (Å²) in [5, 5.41) is 11.5. The fraction of sp³-hybridized carbons (Fsp3) is 0.357. The molecule has 7 heteroatoms. The van der Waals surface area contributed by atoms with Gasteiger partial charge in [0.2, 0.25) is 0 Å². The maximum Gasteiger partial charge on any atom is 0.573 e. The van der Waals surface area contributed by atoms with Crippen LogP contribution in [0.3, 0.4) is 0 Å². The first-order valence-electron chi connectivity index (χ1n) is 6.35. The van der Waals surface area contributed by atoms with Gasteiger partial charge in [-0.1, -0.05) is 12.1 Å². The molecule has 0 fully saturated rings. The number of hydrogen-bond acceptors (Lipinski definition) is 4. The van der Waals surface area contributed by atoms with Crippen molar-refractivity contribution in [2.75, 3.05) is 0 Å². The Balaban J connectivity index is 1.80. The molecule has 3 nitrogen and oxygen atoms in total. The van der Waals surface area contributed by atoms with Crippen LogP contribution in [0.25, 0.3) is 0 Å². The highest BCUT2D eigenvalue weighted by molar-refractivity contribution is 7.09. The van der Waals surface area contributed by atoms with Crippen LogP contribution in [0.5, 0.6) is 5.75 Å². The average Bonchev–Trinajstić information content (AvgIpc) is 2.87. The van der Waals surface area contributed by atoms with Gasteiger partial charge < -0.3 is 9.84 Å². The summed E-state index contributed by atoms with van der Waals surface area (Å²) in [6.07, 6.45) is -2.29. The van der Waals surface area contributed by atoms with E-state index in [1.807, 2.05) is 5.38 Å². The van der Waals surface area contributed by atoms with E-state index in [4.69, 9.17) is 5.11 Å². The van der Waals surface area contributed by atoms with Gasteiger partial charge in [-0.25, -0.2) is 4.98 Å². The lowest BCUT2D eigenvalue weighted by atomic mass is 10.1. The molecule has 1 aromatic heterocycles. The minimum atomic E-state index is -4.66. The van der Waals surface area contributed by atoms with Crippen LogP contribution in [-0.4, -0.2) is 16.5 Å². The number of benzene rings is 1. The quantitative estimate of drug-likeness (QED) is 0.883. The molecule has 0 saturated heterocycles. The molecule has 21 heavy (non-hydrogen) atoms. The van der Waals surface area contributed by atoms with Gasteiger partial charge in [0.15, 0.2) is 0 Å². The smallest absolute Gasteiger partial charge is 0.406 e. The van der Waals surface area contributed by atoms with Crippen molar-refractivity contribution in [2.45, 2.75) is 32.2 Å². The fourth-order valence-electron chi connectivity index (χ4n) is 1.87. The van der Waals surface area contributed by atoms with Gasteiger partial charge in [0.25, 0.3) is 0 Å². The number of aryl methyl sites for hydroxylation is 2. The third-order valence-electron chi connectivity index (χ3n) is 2.79. The highest BCUT2D eigenvalue weighted by atomic mass is 32.1. The number of alkyl halides is 3. The second kappa shape index (κ2) is 6.91. The van der Waals surface area contributed by atoms with Crippen molar-refractivity contribution in [3.8, 4) is 5.75 Å². The Labute approximate surface area is 124 Å². The Hall–Kier alpha value is -1.60. The highest BCUT2D eigenvalue weighted by Gasteiger charge is 2.30. The van der Waals surface area contributed by atoms with Crippen LogP contribution in [0.1, 0.15) is 22.7 Å². The van der Waals surface area contributed by atoms with E-state index >= 15 is 0 Å². The average molecular weight is 317 g/mol. The molecule has 0 spiro atoms. The van der Waals surface area contributed by atoms with Crippen LogP contribution in [0.4, 0.5) is 13.2 Å². The first kappa shape index (κ1) is 15.8. The summed E-state index contributed by atoms with van der Waals surface area (Å²) in [5.41, 5.74) is 1.88. The number of halogens is 3. The van der Waals surface area contributed by atoms with Crippen molar-refractivity contribution in [1.82, 2.24) is 4.98 Å². The minimum Gasteiger partial charge on any atom is -0.406 e. The Morgan fingerprint density at radius 3 is 2.43 bits per heavy atom. The molecule has 2 rings (SSSR count). The Morgan fingerprint density at radius 1 is 1.14 bits per heavy atom. The van der Waals surface area contributed by atoms with Gasteiger partial charge in [0, 0.05) is 5.38 Å². The maximum absolute atomic E-state index is 12.0. The molecule has 0 aliphatic rings. The van der Waals surface area contributed by atoms with E-state index < -0.39 is 6.36 Å². The molecule has 0 amide bonds. The summed E-state index contributed by atoms with van der Waals surface area (Å²) in [6.45, 7) is -0.0503. The third-order valence-corrected chi connectivity index (χ3v) is 3.67. The van der Waals surface area contributed by atoms with E-state index in [1.165, 1.54) is 23.5 Å². The maximum atomic E-state index is 12.0. The summed E-state index contributed by atoms with van der Waals surface area (Å²) >= 11 is 1.42. The van der Waals surface area contributed by atoms with Crippen molar-refractivity contribution >= 4 is 11.3 Å². The van der Waals surface area contributed by atoms with Gasteiger partial charge in [-0.05, 0) is 37.0 Å². The first-order chi connectivity index (χ1) is 9.96. The molecular weight excluding hydrogens is 303 g/mol. The minimum absolute atomic E-state index is 0.0503. The first-order valence-corrected chi connectivity index (χ1v) is 7.23. The molecule has 114 valence electrons. The number of aliphatic hydroxyl groups is 1. The van der Waals surface area contributed by atoms with Crippen LogP contribution in [-0.2, 0) is 19.4 Å². The van der Waals surface area contributed by atoms with Gasteiger partial charge in [-0.15, -0.1) is 24.5 Å². The molecule has 0 bridgehead atoms. The zero-order valence-corrected chi connectivity index (χ0v) is 11.9. The summed E-state index contributed by atoms with van der Waals surface area (Å²) in [6, 6.07) is 5.88. The van der Waals surface area contributed by atoms with E-state index in [9.17, 15) is 13.2 Å². The van der Waals surface area contributed by atoms with Crippen molar-refractivity contribution in [3.05, 3.63) is 45.9 Å². The van der Waals surface area contributed by atoms with E-state index in [1.54, 1.807) is 12.1 Å².